The normalized spacial score (nSPS) is 21.6. The smallest absolute Gasteiger partial charge is 0.329 e. The molecule has 1 atom stereocenters. The quantitative estimate of drug-likeness (QED) is 0.888. The van der Waals surface area contributed by atoms with E-state index in [9.17, 15) is 14.7 Å². The topological polar surface area (TPSA) is 78.9 Å². The standard InChI is InChI=1S/C14H18N2O4/c1-14(12(17)18)8-3-9-16(14)13(19)15-10-4-6-11(20-2)7-5-10/h4-7H,3,8-9H2,1-2H3,(H,15,19)(H,17,18). The van der Waals surface area contributed by atoms with E-state index < -0.39 is 17.5 Å². The molecule has 1 aromatic carbocycles. The van der Waals surface area contributed by atoms with Crippen LogP contribution in [0.4, 0.5) is 10.5 Å². The number of carboxylic acids is 1. The second-order valence-electron chi connectivity index (χ2n) is 4.99. The maximum Gasteiger partial charge on any atom is 0.329 e. The number of ether oxygens (including phenoxy) is 1. The molecule has 0 aromatic heterocycles. The maximum atomic E-state index is 12.2. The Morgan fingerprint density at radius 3 is 2.55 bits per heavy atom. The molecule has 0 saturated carbocycles. The van der Waals surface area contributed by atoms with Crippen LogP contribution in [0.1, 0.15) is 19.8 Å². The maximum absolute atomic E-state index is 12.2. The van der Waals surface area contributed by atoms with Crippen LogP contribution in [0, 0.1) is 0 Å². The van der Waals surface area contributed by atoms with Gasteiger partial charge in [0.2, 0.25) is 0 Å². The third-order valence-electron chi connectivity index (χ3n) is 3.69. The minimum atomic E-state index is -1.13. The first kappa shape index (κ1) is 14.2. The van der Waals surface area contributed by atoms with Crippen molar-refractivity contribution in [2.45, 2.75) is 25.3 Å². The lowest BCUT2D eigenvalue weighted by Gasteiger charge is -2.31. The summed E-state index contributed by atoms with van der Waals surface area (Å²) in [6.45, 7) is 2.03. The molecule has 2 amide bonds. The largest absolute Gasteiger partial charge is 0.497 e. The Labute approximate surface area is 117 Å². The van der Waals surface area contributed by atoms with Gasteiger partial charge in [0.25, 0.3) is 0 Å². The number of methoxy groups -OCH3 is 1. The molecule has 20 heavy (non-hydrogen) atoms. The van der Waals surface area contributed by atoms with Crippen LogP contribution in [0.15, 0.2) is 24.3 Å². The highest BCUT2D eigenvalue weighted by molar-refractivity contribution is 5.94. The summed E-state index contributed by atoms with van der Waals surface area (Å²) >= 11 is 0. The number of aliphatic carboxylic acids is 1. The van der Waals surface area contributed by atoms with E-state index in [0.29, 0.717) is 30.8 Å². The molecule has 1 aromatic rings. The number of rotatable bonds is 3. The molecule has 1 saturated heterocycles. The van der Waals surface area contributed by atoms with E-state index in [1.165, 1.54) is 4.90 Å². The van der Waals surface area contributed by atoms with Crippen molar-refractivity contribution >= 4 is 17.7 Å². The number of likely N-dealkylation sites (tertiary alicyclic amines) is 1. The molecule has 1 unspecified atom stereocenters. The third kappa shape index (κ3) is 2.54. The molecular formula is C14H18N2O4. The van der Waals surface area contributed by atoms with E-state index in [-0.39, 0.29) is 0 Å². The fourth-order valence-corrected chi connectivity index (χ4v) is 2.38. The monoisotopic (exact) mass is 278 g/mol. The minimum absolute atomic E-state index is 0.391. The first-order valence-electron chi connectivity index (χ1n) is 6.43. The zero-order valence-corrected chi connectivity index (χ0v) is 11.5. The van der Waals surface area contributed by atoms with Gasteiger partial charge in [0.15, 0.2) is 0 Å². The number of hydrogen-bond donors (Lipinski definition) is 2. The number of nitrogens with one attached hydrogen (secondary N) is 1. The number of carboxylic acid groups (broad SMARTS) is 1. The van der Waals surface area contributed by atoms with Crippen LogP contribution in [0.3, 0.4) is 0 Å². The molecule has 6 heteroatoms. The fraction of sp³-hybridized carbons (Fsp3) is 0.429. The first-order chi connectivity index (χ1) is 9.47. The number of carbonyl (C=O) groups excluding carboxylic acids is 1. The van der Waals surface area contributed by atoms with Crippen LogP contribution in [-0.4, -0.2) is 41.2 Å². The van der Waals surface area contributed by atoms with E-state index in [1.54, 1.807) is 38.3 Å². The van der Waals surface area contributed by atoms with E-state index in [0.717, 1.165) is 0 Å². The van der Waals surface area contributed by atoms with E-state index in [4.69, 9.17) is 4.74 Å². The lowest BCUT2D eigenvalue weighted by atomic mass is 10.00. The van der Waals surface area contributed by atoms with Gasteiger partial charge in [0.05, 0.1) is 7.11 Å². The number of carbonyl (C=O) groups is 2. The zero-order valence-electron chi connectivity index (χ0n) is 11.5. The molecule has 1 fully saturated rings. The summed E-state index contributed by atoms with van der Waals surface area (Å²) in [7, 11) is 1.57. The highest BCUT2D eigenvalue weighted by Gasteiger charge is 2.45. The highest BCUT2D eigenvalue weighted by Crippen LogP contribution is 2.30. The Morgan fingerprint density at radius 1 is 1.35 bits per heavy atom. The van der Waals surface area contributed by atoms with Gasteiger partial charge in [-0.25, -0.2) is 9.59 Å². The SMILES string of the molecule is COc1ccc(NC(=O)N2CCCC2(C)C(=O)O)cc1. The van der Waals surface area contributed by atoms with Crippen LogP contribution in [0.2, 0.25) is 0 Å². The second kappa shape index (κ2) is 5.40. The molecule has 0 bridgehead atoms. The van der Waals surface area contributed by atoms with Gasteiger partial charge < -0.3 is 20.1 Å². The van der Waals surface area contributed by atoms with Crippen molar-refractivity contribution in [2.75, 3.05) is 19.0 Å². The van der Waals surface area contributed by atoms with Crippen molar-refractivity contribution in [3.8, 4) is 5.75 Å². The van der Waals surface area contributed by atoms with Gasteiger partial charge in [-0.15, -0.1) is 0 Å². The number of anilines is 1. The Bertz CT molecular complexity index is 514. The summed E-state index contributed by atoms with van der Waals surface area (Å²) in [5, 5.41) is 12.0. The molecule has 1 aliphatic heterocycles. The summed E-state index contributed by atoms with van der Waals surface area (Å²) in [5.41, 5.74) is -0.522. The number of urea groups is 1. The molecule has 1 heterocycles. The first-order valence-corrected chi connectivity index (χ1v) is 6.43. The van der Waals surface area contributed by atoms with Gasteiger partial charge in [0, 0.05) is 12.2 Å². The molecule has 2 rings (SSSR count). The summed E-state index contributed by atoms with van der Waals surface area (Å²) in [6.07, 6.45) is 1.16. The number of benzene rings is 1. The van der Waals surface area contributed by atoms with Crippen molar-refractivity contribution in [1.29, 1.82) is 0 Å². The van der Waals surface area contributed by atoms with Crippen LogP contribution < -0.4 is 10.1 Å². The summed E-state index contributed by atoms with van der Waals surface area (Å²) in [5.74, 6) is -0.278. The van der Waals surface area contributed by atoms with Crippen LogP contribution in [-0.2, 0) is 4.79 Å². The van der Waals surface area contributed by atoms with Gasteiger partial charge in [-0.05, 0) is 44.0 Å². The number of amides is 2. The third-order valence-corrected chi connectivity index (χ3v) is 3.69. The predicted molar refractivity (Wildman–Crippen MR) is 74.0 cm³/mol. The zero-order chi connectivity index (χ0) is 14.8. The van der Waals surface area contributed by atoms with Gasteiger partial charge in [0.1, 0.15) is 11.3 Å². The Hall–Kier alpha value is -2.24. The van der Waals surface area contributed by atoms with E-state index >= 15 is 0 Å². The van der Waals surface area contributed by atoms with Crippen molar-refractivity contribution in [2.24, 2.45) is 0 Å². The fourth-order valence-electron chi connectivity index (χ4n) is 2.38. The Kier molecular flexibility index (Phi) is 3.83. The van der Waals surface area contributed by atoms with Gasteiger partial charge >= 0.3 is 12.0 Å². The van der Waals surface area contributed by atoms with E-state index in [2.05, 4.69) is 5.32 Å². The van der Waals surface area contributed by atoms with Gasteiger partial charge in [-0.2, -0.15) is 0 Å². The lowest BCUT2D eigenvalue weighted by Crippen LogP contribution is -2.52. The number of hydrogen-bond acceptors (Lipinski definition) is 3. The van der Waals surface area contributed by atoms with Crippen LogP contribution in [0.25, 0.3) is 0 Å². The van der Waals surface area contributed by atoms with Crippen molar-refractivity contribution < 1.29 is 19.4 Å². The van der Waals surface area contributed by atoms with Crippen molar-refractivity contribution in [1.82, 2.24) is 4.90 Å². The number of nitrogens with zero attached hydrogens (tertiary/aromatic N) is 1. The van der Waals surface area contributed by atoms with Gasteiger partial charge in [-0.3, -0.25) is 0 Å². The summed E-state index contributed by atoms with van der Waals surface area (Å²) in [4.78, 5) is 24.9. The summed E-state index contributed by atoms with van der Waals surface area (Å²) < 4.78 is 5.04. The Balaban J connectivity index is 2.09. The Morgan fingerprint density at radius 2 is 2.00 bits per heavy atom. The average Bonchev–Trinajstić information content (AvgIpc) is 2.83. The molecule has 1 aliphatic rings. The van der Waals surface area contributed by atoms with E-state index in [1.807, 2.05) is 0 Å². The molecule has 108 valence electrons. The van der Waals surface area contributed by atoms with Crippen LogP contribution in [0.5, 0.6) is 5.75 Å². The van der Waals surface area contributed by atoms with Crippen molar-refractivity contribution in [3.63, 3.8) is 0 Å². The lowest BCUT2D eigenvalue weighted by molar-refractivity contribution is -0.146. The highest BCUT2D eigenvalue weighted by atomic mass is 16.5. The molecule has 0 spiro atoms. The second-order valence-corrected chi connectivity index (χ2v) is 4.99. The van der Waals surface area contributed by atoms with Crippen molar-refractivity contribution in [3.05, 3.63) is 24.3 Å². The molecule has 2 N–H and O–H groups in total. The molecule has 6 nitrogen and oxygen atoms in total. The molecule has 0 aliphatic carbocycles. The average molecular weight is 278 g/mol. The van der Waals surface area contributed by atoms with Gasteiger partial charge in [-0.1, -0.05) is 0 Å². The molecule has 0 radical (unpaired) electrons. The minimum Gasteiger partial charge on any atom is -0.497 e. The van der Waals surface area contributed by atoms with Crippen LogP contribution >= 0.6 is 0 Å². The predicted octanol–water partition coefficient (Wildman–Crippen LogP) is 2.17. The summed E-state index contributed by atoms with van der Waals surface area (Å²) in [6, 6.07) is 6.50. The molecular weight excluding hydrogens is 260 g/mol.